The normalized spacial score (nSPS) is 15.9. The molecule has 0 heterocycles. The van der Waals surface area contributed by atoms with Crippen molar-refractivity contribution in [1.29, 1.82) is 0 Å². The summed E-state index contributed by atoms with van der Waals surface area (Å²) in [6, 6.07) is 0. The molecule has 0 fully saturated rings. The zero-order valence-corrected chi connectivity index (χ0v) is 8.85. The van der Waals surface area contributed by atoms with Crippen LogP contribution in [0.15, 0.2) is 0 Å². The predicted octanol–water partition coefficient (Wildman–Crippen LogP) is 2.39. The first-order valence-electron chi connectivity index (χ1n) is 3.55. The molecule has 3 nitrogen and oxygen atoms in total. The fraction of sp³-hybridized carbons (Fsp3) is 1.00. The largest absolute Gasteiger partial charge is 0.483 e. The zero-order chi connectivity index (χ0) is 15.2. The van der Waals surface area contributed by atoms with Gasteiger partial charge >= 0.3 is 23.6 Å². The van der Waals surface area contributed by atoms with E-state index in [0.29, 0.717) is 0 Å². The molecule has 0 aromatic carbocycles. The Morgan fingerprint density at radius 1 is 0.778 bits per heavy atom. The maximum absolute atomic E-state index is 12.5. The van der Waals surface area contributed by atoms with Gasteiger partial charge in [0.1, 0.15) is 0 Å². The van der Waals surface area contributed by atoms with Crippen LogP contribution in [0.4, 0.5) is 39.5 Å². The van der Waals surface area contributed by atoms with Crippen molar-refractivity contribution in [2.24, 2.45) is 0 Å². The minimum Gasteiger partial charge on any atom is -0.242 e. The molecule has 0 N–H and O–H groups in total. The van der Waals surface area contributed by atoms with E-state index in [0.717, 1.165) is 0 Å². The summed E-state index contributed by atoms with van der Waals surface area (Å²) in [5, 5.41) is -6.26. The first kappa shape index (κ1) is 17.3. The van der Waals surface area contributed by atoms with Gasteiger partial charge in [-0.1, -0.05) is 0 Å². The third-order valence-corrected chi connectivity index (χ3v) is 2.56. The summed E-state index contributed by atoms with van der Waals surface area (Å²) in [7, 11) is -5.99. The van der Waals surface area contributed by atoms with Crippen LogP contribution in [0.25, 0.3) is 0 Å². The fourth-order valence-corrected chi connectivity index (χ4v) is 0.967. The maximum atomic E-state index is 12.5. The van der Waals surface area contributed by atoms with Crippen LogP contribution in [0.3, 0.4) is 0 Å². The number of halogens is 9. The third kappa shape index (κ3) is 2.99. The Hall–Kier alpha value is -0.720. The molecule has 0 aliphatic rings. The van der Waals surface area contributed by atoms with E-state index >= 15 is 0 Å². The quantitative estimate of drug-likeness (QED) is 0.748. The van der Waals surface area contributed by atoms with Crippen LogP contribution in [0.5, 0.6) is 0 Å². The minimum atomic E-state index is -6.72. The van der Waals surface area contributed by atoms with E-state index in [9.17, 15) is 47.9 Å². The summed E-state index contributed by atoms with van der Waals surface area (Å²) in [6.07, 6.45) is -20.4. The number of hydrogen-bond donors (Lipinski definition) is 0. The van der Waals surface area contributed by atoms with Crippen molar-refractivity contribution < 1.29 is 52.7 Å². The molecule has 0 amide bonds. The van der Waals surface area contributed by atoms with E-state index in [1.54, 1.807) is 4.74 Å². The van der Waals surface area contributed by atoms with Crippen molar-refractivity contribution in [3.05, 3.63) is 0 Å². The molecular weight excluding hydrogens is 311 g/mol. The van der Waals surface area contributed by atoms with E-state index < -0.39 is 39.7 Å². The Morgan fingerprint density at radius 2 is 1.11 bits per heavy atom. The average Bonchev–Trinajstić information content (AvgIpc) is 1.96. The number of sulfone groups is 1. The average molecular weight is 314 g/mol. The molecule has 0 spiro atoms. The van der Waals surface area contributed by atoms with Gasteiger partial charge in [0.2, 0.25) is 9.84 Å². The molecule has 110 valence electrons. The van der Waals surface area contributed by atoms with Gasteiger partial charge in [-0.25, -0.2) is 13.2 Å². The standard InChI is InChI=1S/C5H3F9O3S/c1-18(15,16)5(13,14)4(11,12)17-3(9,10)2(6,7)8/h1H3. The second kappa shape index (κ2) is 4.15. The SMILES string of the molecule is CS(=O)(=O)C(F)(F)C(F)(F)OC(F)(F)C(F)(F)F. The highest BCUT2D eigenvalue weighted by molar-refractivity contribution is 7.91. The Morgan fingerprint density at radius 3 is 1.33 bits per heavy atom. The van der Waals surface area contributed by atoms with E-state index in [1.807, 2.05) is 0 Å². The number of hydrogen-bond acceptors (Lipinski definition) is 3. The van der Waals surface area contributed by atoms with Gasteiger partial charge in [-0.15, -0.1) is 0 Å². The summed E-state index contributed by atoms with van der Waals surface area (Å²) in [5.74, 6) is 0. The highest BCUT2D eigenvalue weighted by Crippen LogP contribution is 2.46. The highest BCUT2D eigenvalue weighted by Gasteiger charge is 2.73. The van der Waals surface area contributed by atoms with Crippen molar-refractivity contribution >= 4 is 9.84 Å². The molecule has 18 heavy (non-hydrogen) atoms. The summed E-state index contributed by atoms with van der Waals surface area (Å²) in [6.45, 7) is 0. The Bertz CT molecular complexity index is 408. The Labute approximate surface area is 93.4 Å². The lowest BCUT2D eigenvalue weighted by Gasteiger charge is -2.28. The lowest BCUT2D eigenvalue weighted by Crippen LogP contribution is -2.54. The van der Waals surface area contributed by atoms with Gasteiger partial charge in [0.25, 0.3) is 0 Å². The molecule has 0 radical (unpaired) electrons. The van der Waals surface area contributed by atoms with Gasteiger partial charge in [0, 0.05) is 6.26 Å². The predicted molar refractivity (Wildman–Crippen MR) is 36.8 cm³/mol. The lowest BCUT2D eigenvalue weighted by atomic mass is 10.5. The molecule has 0 saturated carbocycles. The van der Waals surface area contributed by atoms with Crippen LogP contribution in [-0.2, 0) is 14.6 Å². The van der Waals surface area contributed by atoms with Crippen LogP contribution in [0.1, 0.15) is 0 Å². The maximum Gasteiger partial charge on any atom is 0.483 e. The van der Waals surface area contributed by atoms with Crippen molar-refractivity contribution in [2.45, 2.75) is 23.6 Å². The van der Waals surface area contributed by atoms with Gasteiger partial charge in [0.05, 0.1) is 0 Å². The first-order valence-corrected chi connectivity index (χ1v) is 5.45. The van der Waals surface area contributed by atoms with E-state index in [1.165, 1.54) is 0 Å². The molecule has 0 unspecified atom stereocenters. The topological polar surface area (TPSA) is 43.4 Å². The molecular formula is C5H3F9O3S. The van der Waals surface area contributed by atoms with Gasteiger partial charge in [-0.3, -0.25) is 0 Å². The molecule has 13 heteroatoms. The fourth-order valence-electron chi connectivity index (χ4n) is 0.494. The second-order valence-corrected chi connectivity index (χ2v) is 4.98. The van der Waals surface area contributed by atoms with E-state index in [2.05, 4.69) is 0 Å². The smallest absolute Gasteiger partial charge is 0.242 e. The van der Waals surface area contributed by atoms with Crippen molar-refractivity contribution in [1.82, 2.24) is 0 Å². The molecule has 0 rings (SSSR count). The third-order valence-electron chi connectivity index (χ3n) is 1.39. The van der Waals surface area contributed by atoms with E-state index in [4.69, 9.17) is 0 Å². The lowest BCUT2D eigenvalue weighted by molar-refractivity contribution is -0.476. The first-order chi connectivity index (χ1) is 7.46. The van der Waals surface area contributed by atoms with Crippen molar-refractivity contribution in [3.8, 4) is 0 Å². The van der Waals surface area contributed by atoms with Crippen LogP contribution in [0.2, 0.25) is 0 Å². The van der Waals surface area contributed by atoms with Gasteiger partial charge in [0.15, 0.2) is 0 Å². The Balaban J connectivity index is 5.47. The minimum absolute atomic E-state index is 0.490. The molecule has 0 aromatic rings. The second-order valence-electron chi connectivity index (χ2n) is 2.92. The number of ether oxygens (including phenoxy) is 1. The van der Waals surface area contributed by atoms with Gasteiger partial charge in [-0.05, 0) is 0 Å². The van der Waals surface area contributed by atoms with Crippen LogP contribution in [0, 0.1) is 0 Å². The van der Waals surface area contributed by atoms with Crippen LogP contribution < -0.4 is 0 Å². The molecule has 0 saturated heterocycles. The highest BCUT2D eigenvalue weighted by atomic mass is 32.2. The summed E-state index contributed by atoms with van der Waals surface area (Å²) < 4.78 is 130. The van der Waals surface area contributed by atoms with Gasteiger partial charge in [-0.2, -0.15) is 39.5 Å². The number of alkyl halides is 9. The summed E-state index contributed by atoms with van der Waals surface area (Å²) in [4.78, 5) is 0. The number of rotatable bonds is 4. The van der Waals surface area contributed by atoms with Gasteiger partial charge < -0.3 is 0 Å². The molecule has 0 atom stereocenters. The Kier molecular flexibility index (Phi) is 3.98. The molecule has 0 bridgehead atoms. The van der Waals surface area contributed by atoms with Crippen molar-refractivity contribution in [3.63, 3.8) is 0 Å². The summed E-state index contributed by atoms with van der Waals surface area (Å²) in [5.41, 5.74) is 0. The van der Waals surface area contributed by atoms with Crippen LogP contribution in [-0.4, -0.2) is 38.3 Å². The van der Waals surface area contributed by atoms with Crippen molar-refractivity contribution in [2.75, 3.05) is 6.26 Å². The summed E-state index contributed by atoms with van der Waals surface area (Å²) >= 11 is 0. The molecule has 0 aromatic heterocycles. The molecule has 0 aliphatic carbocycles. The monoisotopic (exact) mass is 314 g/mol. The van der Waals surface area contributed by atoms with Crippen LogP contribution >= 0.6 is 0 Å². The zero-order valence-electron chi connectivity index (χ0n) is 8.03. The van der Waals surface area contributed by atoms with E-state index in [-0.39, 0.29) is 0 Å². The molecule has 0 aliphatic heterocycles.